The molecule has 1 fully saturated rings. The molecule has 1 saturated heterocycles. The standard InChI is InChI=1S/C14H24N2O/c1-4-7-12(5-2)16-13(17)14(6-3)8-10-15-11-9-14/h2,12,15H,4,6-11H2,1,3H3,(H,16,17). The van der Waals surface area contributed by atoms with E-state index in [-0.39, 0.29) is 17.4 Å². The highest BCUT2D eigenvalue weighted by Crippen LogP contribution is 2.32. The van der Waals surface area contributed by atoms with Crippen LogP contribution in [0.5, 0.6) is 0 Å². The third-order valence-corrected chi connectivity index (χ3v) is 3.80. The summed E-state index contributed by atoms with van der Waals surface area (Å²) in [6, 6.07) is -0.106. The lowest BCUT2D eigenvalue weighted by Gasteiger charge is -2.36. The largest absolute Gasteiger partial charge is 0.342 e. The van der Waals surface area contributed by atoms with Crippen LogP contribution in [0.25, 0.3) is 0 Å². The van der Waals surface area contributed by atoms with Crippen molar-refractivity contribution >= 4 is 5.91 Å². The molecule has 1 atom stereocenters. The maximum atomic E-state index is 12.4. The van der Waals surface area contributed by atoms with Crippen molar-refractivity contribution in [2.45, 2.75) is 52.0 Å². The van der Waals surface area contributed by atoms with Gasteiger partial charge in [-0.15, -0.1) is 6.42 Å². The van der Waals surface area contributed by atoms with E-state index in [0.717, 1.165) is 45.2 Å². The first kappa shape index (κ1) is 14.1. The first-order chi connectivity index (χ1) is 8.18. The van der Waals surface area contributed by atoms with Gasteiger partial charge in [-0.1, -0.05) is 26.2 Å². The fourth-order valence-corrected chi connectivity index (χ4v) is 2.44. The fraction of sp³-hybridized carbons (Fsp3) is 0.786. The van der Waals surface area contributed by atoms with Crippen molar-refractivity contribution < 1.29 is 4.79 Å². The monoisotopic (exact) mass is 236 g/mol. The Morgan fingerprint density at radius 2 is 2.12 bits per heavy atom. The number of terminal acetylenes is 1. The number of rotatable bonds is 5. The van der Waals surface area contributed by atoms with Crippen LogP contribution in [0.15, 0.2) is 0 Å². The highest BCUT2D eigenvalue weighted by molar-refractivity contribution is 5.83. The SMILES string of the molecule is C#CC(CCC)NC(=O)C1(CC)CCNCC1. The molecule has 96 valence electrons. The van der Waals surface area contributed by atoms with Gasteiger partial charge in [0.25, 0.3) is 0 Å². The van der Waals surface area contributed by atoms with Gasteiger partial charge in [-0.2, -0.15) is 0 Å². The summed E-state index contributed by atoms with van der Waals surface area (Å²) in [5.74, 6) is 2.82. The molecule has 0 aliphatic carbocycles. The van der Waals surface area contributed by atoms with E-state index < -0.39 is 0 Å². The fourth-order valence-electron chi connectivity index (χ4n) is 2.44. The molecule has 1 aliphatic heterocycles. The van der Waals surface area contributed by atoms with E-state index in [1.54, 1.807) is 0 Å². The second-order valence-electron chi connectivity index (χ2n) is 4.87. The zero-order valence-electron chi connectivity index (χ0n) is 11.0. The summed E-state index contributed by atoms with van der Waals surface area (Å²) >= 11 is 0. The van der Waals surface area contributed by atoms with Crippen molar-refractivity contribution in [1.82, 2.24) is 10.6 Å². The Labute approximate surface area is 105 Å². The lowest BCUT2D eigenvalue weighted by molar-refractivity contribution is -0.133. The molecule has 0 radical (unpaired) electrons. The Hall–Kier alpha value is -1.01. The van der Waals surface area contributed by atoms with Crippen LogP contribution in [0.1, 0.15) is 46.0 Å². The minimum Gasteiger partial charge on any atom is -0.342 e. The molecule has 2 N–H and O–H groups in total. The van der Waals surface area contributed by atoms with Crippen LogP contribution in [0.4, 0.5) is 0 Å². The van der Waals surface area contributed by atoms with Crippen molar-refractivity contribution in [1.29, 1.82) is 0 Å². The molecule has 17 heavy (non-hydrogen) atoms. The van der Waals surface area contributed by atoms with Gasteiger partial charge < -0.3 is 10.6 Å². The van der Waals surface area contributed by atoms with Crippen LogP contribution in [0.2, 0.25) is 0 Å². The zero-order chi connectivity index (χ0) is 12.7. The topological polar surface area (TPSA) is 41.1 Å². The Morgan fingerprint density at radius 1 is 1.47 bits per heavy atom. The van der Waals surface area contributed by atoms with E-state index >= 15 is 0 Å². The second-order valence-corrected chi connectivity index (χ2v) is 4.87. The molecule has 1 unspecified atom stereocenters. The smallest absolute Gasteiger partial charge is 0.227 e. The third kappa shape index (κ3) is 3.47. The van der Waals surface area contributed by atoms with Crippen LogP contribution < -0.4 is 10.6 Å². The van der Waals surface area contributed by atoms with Crippen LogP contribution in [-0.4, -0.2) is 25.0 Å². The summed E-state index contributed by atoms with van der Waals surface area (Å²) in [6.45, 7) is 6.03. The number of hydrogen-bond donors (Lipinski definition) is 2. The average Bonchev–Trinajstić information content (AvgIpc) is 2.38. The molecule has 1 rings (SSSR count). The maximum Gasteiger partial charge on any atom is 0.227 e. The average molecular weight is 236 g/mol. The van der Waals surface area contributed by atoms with Gasteiger partial charge >= 0.3 is 0 Å². The lowest BCUT2D eigenvalue weighted by atomic mass is 9.75. The van der Waals surface area contributed by atoms with Gasteiger partial charge in [0, 0.05) is 0 Å². The van der Waals surface area contributed by atoms with Crippen molar-refractivity contribution in [2.75, 3.05) is 13.1 Å². The van der Waals surface area contributed by atoms with Crippen LogP contribution in [-0.2, 0) is 4.79 Å². The summed E-state index contributed by atoms with van der Waals surface area (Å²) in [5.41, 5.74) is -0.200. The highest BCUT2D eigenvalue weighted by Gasteiger charge is 2.38. The Kier molecular flexibility index (Phi) is 5.50. The van der Waals surface area contributed by atoms with E-state index in [2.05, 4.69) is 30.4 Å². The summed E-state index contributed by atoms with van der Waals surface area (Å²) in [6.07, 6.45) is 10.0. The molecule has 3 nitrogen and oxygen atoms in total. The minimum absolute atomic E-state index is 0.106. The van der Waals surface area contributed by atoms with Gasteiger partial charge in [0.05, 0.1) is 11.5 Å². The number of carbonyl (C=O) groups is 1. The molecule has 0 bridgehead atoms. The van der Waals surface area contributed by atoms with E-state index in [1.165, 1.54) is 0 Å². The van der Waals surface area contributed by atoms with E-state index in [4.69, 9.17) is 6.42 Å². The predicted molar refractivity (Wildman–Crippen MR) is 70.5 cm³/mol. The van der Waals surface area contributed by atoms with Crippen LogP contribution in [0, 0.1) is 17.8 Å². The molecule has 0 aromatic rings. The number of carbonyl (C=O) groups excluding carboxylic acids is 1. The lowest BCUT2D eigenvalue weighted by Crippen LogP contribution is -2.49. The van der Waals surface area contributed by atoms with Crippen LogP contribution >= 0.6 is 0 Å². The van der Waals surface area contributed by atoms with Crippen LogP contribution in [0.3, 0.4) is 0 Å². The molecular formula is C14H24N2O. The highest BCUT2D eigenvalue weighted by atomic mass is 16.2. The zero-order valence-corrected chi connectivity index (χ0v) is 11.0. The van der Waals surface area contributed by atoms with Gasteiger partial charge in [0.15, 0.2) is 0 Å². The van der Waals surface area contributed by atoms with Gasteiger partial charge in [-0.3, -0.25) is 4.79 Å². The second kappa shape index (κ2) is 6.66. The summed E-state index contributed by atoms with van der Waals surface area (Å²) in [5, 5.41) is 6.33. The van der Waals surface area contributed by atoms with E-state index in [0.29, 0.717) is 0 Å². The van der Waals surface area contributed by atoms with E-state index in [1.807, 2.05) is 0 Å². The first-order valence-electron chi connectivity index (χ1n) is 6.66. The number of piperidine rings is 1. The van der Waals surface area contributed by atoms with Gasteiger partial charge in [0.2, 0.25) is 5.91 Å². The van der Waals surface area contributed by atoms with Gasteiger partial charge in [0.1, 0.15) is 0 Å². The van der Waals surface area contributed by atoms with Crippen molar-refractivity contribution in [2.24, 2.45) is 5.41 Å². The Bertz CT molecular complexity index is 287. The third-order valence-electron chi connectivity index (χ3n) is 3.80. The number of hydrogen-bond acceptors (Lipinski definition) is 2. The molecule has 3 heteroatoms. The normalized spacial score (nSPS) is 20.3. The molecule has 0 spiro atoms. The quantitative estimate of drug-likeness (QED) is 0.713. The summed E-state index contributed by atoms with van der Waals surface area (Å²) in [7, 11) is 0. The molecule has 1 aliphatic rings. The summed E-state index contributed by atoms with van der Waals surface area (Å²) in [4.78, 5) is 12.4. The van der Waals surface area contributed by atoms with Gasteiger partial charge in [-0.25, -0.2) is 0 Å². The molecule has 0 saturated carbocycles. The molecular weight excluding hydrogens is 212 g/mol. The molecule has 1 amide bonds. The predicted octanol–water partition coefficient (Wildman–Crippen LogP) is 1.68. The number of amides is 1. The minimum atomic E-state index is -0.200. The summed E-state index contributed by atoms with van der Waals surface area (Å²) < 4.78 is 0. The molecule has 1 heterocycles. The Morgan fingerprint density at radius 3 is 2.59 bits per heavy atom. The molecule has 0 aromatic carbocycles. The van der Waals surface area contributed by atoms with Crippen molar-refractivity contribution in [3.05, 3.63) is 0 Å². The van der Waals surface area contributed by atoms with E-state index in [9.17, 15) is 4.79 Å². The first-order valence-corrected chi connectivity index (χ1v) is 6.66. The maximum absolute atomic E-state index is 12.4. The molecule has 0 aromatic heterocycles. The van der Waals surface area contributed by atoms with Crippen molar-refractivity contribution in [3.8, 4) is 12.3 Å². The van der Waals surface area contributed by atoms with Gasteiger partial charge in [-0.05, 0) is 38.8 Å². The van der Waals surface area contributed by atoms with Crippen molar-refractivity contribution in [3.63, 3.8) is 0 Å². The Balaban J connectivity index is 2.63. The number of nitrogens with one attached hydrogen (secondary N) is 2.